The van der Waals surface area contributed by atoms with Crippen LogP contribution in [0.25, 0.3) is 49.9 Å². The Morgan fingerprint density at radius 1 is 0.483 bits per heavy atom. The lowest BCUT2D eigenvalue weighted by Gasteiger charge is -2.31. The summed E-state index contributed by atoms with van der Waals surface area (Å²) in [6.45, 7) is 39.1. The van der Waals surface area contributed by atoms with Gasteiger partial charge in [0.25, 0.3) is 22.2 Å². The number of hydrogen-bond acceptors (Lipinski definition) is 17. The maximum atomic E-state index is 15.1. The average Bonchev–Trinajstić information content (AvgIpc) is 1.24. The van der Waals surface area contributed by atoms with Gasteiger partial charge in [0, 0.05) is 103 Å². The van der Waals surface area contributed by atoms with Gasteiger partial charge in [0.05, 0.1) is 67.1 Å². The zero-order valence-electron chi connectivity index (χ0n) is 84.8. The molecule has 1 aliphatic rings. The van der Waals surface area contributed by atoms with Crippen molar-refractivity contribution in [2.75, 3.05) is 4.90 Å². The molecule has 1 fully saturated rings. The van der Waals surface area contributed by atoms with Gasteiger partial charge in [0.2, 0.25) is 23.6 Å². The molecule has 29 heteroatoms. The first-order chi connectivity index (χ1) is 67.8. The summed E-state index contributed by atoms with van der Waals surface area (Å²) in [6.07, 6.45) is 16.2. The lowest BCUT2D eigenvalue weighted by molar-refractivity contribution is -0.139. The van der Waals surface area contributed by atoms with Crippen LogP contribution in [0.3, 0.4) is 0 Å². The first kappa shape index (κ1) is 107. The molecule has 7 heterocycles. The number of aliphatic carboxylic acids is 4. The SMILES string of the molecule is C=C(/C=N\C=C(/C)c1c(C)cccc1Cc1ccc2ncn([C@@H](CC(C)C)C(=O)N[C@@H](CC(=O)O)c3cccc(N4C(C)CC(Cc5ccn([C@@H](CC(C)C)C(=O)N[C@@H](CC(=O)O)c6cncc(-c7c(C)ccc(-c8ccn([C@H](CC(C)C)C(=O)N[C@@H](CC(=O)O)c9cncc(-c%10c(C)cccc%10C)c9)c(=O)c8)c7C)c6)c(=O)c5)C4C)c3)c(=O)c2c1)[C@@H](CC(=O)O)NC(=O)[C@@H](CC(C)C)n1cc(C)c(C)cc1=O. The summed E-state index contributed by atoms with van der Waals surface area (Å²) in [5.74, 6) is -7.16. The van der Waals surface area contributed by atoms with Gasteiger partial charge >= 0.3 is 23.9 Å². The van der Waals surface area contributed by atoms with Crippen LogP contribution in [0.4, 0.5) is 5.69 Å². The lowest BCUT2D eigenvalue weighted by atomic mass is 9.89. The van der Waals surface area contributed by atoms with Crippen LogP contribution in [0.2, 0.25) is 0 Å². The second-order valence-electron chi connectivity index (χ2n) is 40.3. The Kier molecular flexibility index (Phi) is 35.2. The van der Waals surface area contributed by atoms with Crippen molar-refractivity contribution in [1.29, 1.82) is 0 Å². The van der Waals surface area contributed by atoms with E-state index in [-0.39, 0.29) is 77.5 Å². The molecular formula is C114H133N13O16. The smallest absolute Gasteiger partial charge is 0.305 e. The van der Waals surface area contributed by atoms with E-state index in [1.807, 2.05) is 196 Å². The number of amides is 4. The zero-order chi connectivity index (χ0) is 104. The number of aromatic nitrogens is 7. The van der Waals surface area contributed by atoms with Crippen molar-refractivity contribution >= 4 is 75.9 Å². The van der Waals surface area contributed by atoms with E-state index < -0.39 is 138 Å². The van der Waals surface area contributed by atoms with E-state index in [4.69, 9.17) is 4.98 Å². The van der Waals surface area contributed by atoms with E-state index in [0.29, 0.717) is 64.6 Å². The first-order valence-corrected chi connectivity index (χ1v) is 49.0. The number of benzene rings is 5. The standard InChI is InChI=1S/C114H133N13O16/c1-63(2)37-96(110(139)122-95(54-106(137)138)85-48-87(60-117-58-85)109-70(12)29-31-89(76(109)18)80-34-36-124(102(130)50-80)97(38-64(3)4)111(140)121-94(53-105(135)136)84-47-86(59-116-57-84)107-67(9)23-20-24-68(107)10)123-35-33-79(46-101(123)129)44-83-42-75(17)127(77(83)19)88-28-22-26-81(49-88)93(52-104(133)134)120-113(142)99(40-66(7)8)126-62-118-91-32-30-78(45-90(91)114(126)143)43-82-27-21-25-69(11)108(82)73(15)56-115-55-72(14)92(51-103(131)132)119-112(141)98(39-65(5)6)125-61-74(16)71(13)41-100(125)128/h20-36,41,45-50,55-66,75,77,83,92-99H,14,37-40,42-44,51-54H2,1-13,15-19H3,(H,119,141)(H,120,142)(H,121,140)(H,122,139)(H,131,132)(H,133,134)(H,135,136)(H,137,138)/b73-56+,115-55-/t75?,77?,83?,92-,93+,94+,95+,96+,97-,98-,99+/m1/s1. The van der Waals surface area contributed by atoms with Crippen LogP contribution in [0.15, 0.2) is 226 Å². The van der Waals surface area contributed by atoms with Gasteiger partial charge in [-0.05, 0) is 304 Å². The summed E-state index contributed by atoms with van der Waals surface area (Å²) in [5.41, 5.74) is 15.5. The predicted molar refractivity (Wildman–Crippen MR) is 557 cm³/mol. The van der Waals surface area contributed by atoms with Gasteiger partial charge in [-0.25, -0.2) is 4.98 Å². The van der Waals surface area contributed by atoms with E-state index in [1.165, 1.54) is 49.1 Å². The highest BCUT2D eigenvalue weighted by molar-refractivity contribution is 5.89. The highest BCUT2D eigenvalue weighted by Crippen LogP contribution is 2.41. The molecule has 12 rings (SSSR count). The number of carboxylic acids is 4. The minimum atomic E-state index is -1.20. The number of fused-ring (bicyclic) bond motifs is 1. The number of hydrogen-bond donors (Lipinski definition) is 8. The molecule has 11 atom stereocenters. The van der Waals surface area contributed by atoms with Crippen LogP contribution in [-0.4, -0.2) is 125 Å². The third kappa shape index (κ3) is 26.5. The lowest BCUT2D eigenvalue weighted by Crippen LogP contribution is -2.44. The van der Waals surface area contributed by atoms with Crippen LogP contribution in [0, 0.1) is 78.1 Å². The number of aryl methyl sites for hydroxylation is 6. The van der Waals surface area contributed by atoms with Crippen molar-refractivity contribution in [2.24, 2.45) is 34.6 Å². The molecule has 1 saturated heterocycles. The summed E-state index contributed by atoms with van der Waals surface area (Å²) >= 11 is 0. The molecule has 5 aromatic carbocycles. The molecule has 1 aliphatic heterocycles. The van der Waals surface area contributed by atoms with Crippen LogP contribution in [0.5, 0.6) is 0 Å². The second-order valence-corrected chi connectivity index (χ2v) is 40.3. The number of nitrogens with zero attached hydrogens (tertiary/aromatic N) is 9. The number of allylic oxidation sites excluding steroid dienone is 1. The predicted octanol–water partition coefficient (Wildman–Crippen LogP) is 18.3. The van der Waals surface area contributed by atoms with E-state index in [0.717, 1.165) is 89.1 Å². The third-order valence-corrected chi connectivity index (χ3v) is 27.2. The Bertz CT molecular complexity index is 6960. The molecule has 0 bridgehead atoms. The fourth-order valence-corrected chi connectivity index (χ4v) is 20.1. The van der Waals surface area contributed by atoms with Gasteiger partial charge < -0.3 is 60.3 Å². The molecule has 11 aromatic rings. The van der Waals surface area contributed by atoms with Crippen LogP contribution in [-0.2, 0) is 51.2 Å². The highest BCUT2D eigenvalue weighted by Gasteiger charge is 2.39. The summed E-state index contributed by atoms with van der Waals surface area (Å²) in [5, 5.41) is 53.3. The number of carbonyl (C=O) groups is 8. The van der Waals surface area contributed by atoms with Crippen LogP contribution < -0.4 is 48.4 Å². The van der Waals surface area contributed by atoms with Gasteiger partial charge in [-0.3, -0.25) is 77.1 Å². The molecule has 8 N–H and O–H groups in total. The van der Waals surface area contributed by atoms with Crippen molar-refractivity contribution in [2.45, 2.75) is 256 Å². The Balaban J connectivity index is 0.716. The van der Waals surface area contributed by atoms with Crippen LogP contribution in [0.1, 0.15) is 254 Å². The van der Waals surface area contributed by atoms with Crippen molar-refractivity contribution in [1.82, 2.24) is 54.5 Å². The Labute approximate surface area is 833 Å². The zero-order valence-corrected chi connectivity index (χ0v) is 84.8. The molecule has 750 valence electrons. The van der Waals surface area contributed by atoms with Crippen molar-refractivity contribution in [3.8, 4) is 33.4 Å². The summed E-state index contributed by atoms with van der Waals surface area (Å²) in [7, 11) is 0. The molecule has 3 unspecified atom stereocenters. The largest absolute Gasteiger partial charge is 0.481 e. The Morgan fingerprint density at radius 3 is 1.53 bits per heavy atom. The number of carbonyl (C=O) groups excluding carboxylic acids is 4. The summed E-state index contributed by atoms with van der Waals surface area (Å²) in [4.78, 5) is 187. The van der Waals surface area contributed by atoms with E-state index in [2.05, 4.69) is 61.6 Å². The number of anilines is 1. The number of carboxylic acid groups (broad SMARTS) is 4. The van der Waals surface area contributed by atoms with Crippen molar-refractivity contribution < 1.29 is 58.8 Å². The second kappa shape index (κ2) is 47.1. The third-order valence-electron chi connectivity index (χ3n) is 27.2. The molecule has 143 heavy (non-hydrogen) atoms. The summed E-state index contributed by atoms with van der Waals surface area (Å²) in [6, 6.07) is 31.6. The number of nitrogens with one attached hydrogen (secondary N) is 4. The fourth-order valence-electron chi connectivity index (χ4n) is 20.1. The highest BCUT2D eigenvalue weighted by atomic mass is 16.4. The quantitative estimate of drug-likeness (QED) is 0.0165. The maximum Gasteiger partial charge on any atom is 0.305 e. The van der Waals surface area contributed by atoms with E-state index in [1.54, 1.807) is 79.8 Å². The molecule has 0 radical (unpaired) electrons. The molecule has 0 spiro atoms. The maximum absolute atomic E-state index is 15.1. The Hall–Kier alpha value is -14.9. The number of pyridine rings is 5. The number of rotatable bonds is 43. The first-order valence-electron chi connectivity index (χ1n) is 49.0. The van der Waals surface area contributed by atoms with Gasteiger partial charge in [0.1, 0.15) is 24.2 Å². The van der Waals surface area contributed by atoms with Gasteiger partial charge in [-0.1, -0.05) is 129 Å². The van der Waals surface area contributed by atoms with E-state index >= 15 is 9.59 Å². The molecule has 4 amide bonds. The monoisotopic (exact) mass is 1940 g/mol. The minimum absolute atomic E-state index is 0.00152. The topological polar surface area (TPSA) is 408 Å². The Morgan fingerprint density at radius 2 is 0.979 bits per heavy atom. The summed E-state index contributed by atoms with van der Waals surface area (Å²) < 4.78 is 5.47. The molecular weight excluding hydrogens is 1810 g/mol. The fraction of sp³-hybridized carbons (Fsp3) is 0.386. The van der Waals surface area contributed by atoms with E-state index in [9.17, 15) is 68.4 Å². The minimum Gasteiger partial charge on any atom is -0.481 e. The van der Waals surface area contributed by atoms with Crippen molar-refractivity contribution in [3.63, 3.8) is 0 Å². The molecule has 0 aliphatic carbocycles. The molecule has 29 nitrogen and oxygen atoms in total. The average molecular weight is 1940 g/mol. The molecule has 6 aromatic heterocycles. The normalized spacial score (nSPS) is 15.6. The molecule has 0 saturated carbocycles. The van der Waals surface area contributed by atoms with Crippen molar-refractivity contribution in [3.05, 3.63) is 321 Å². The van der Waals surface area contributed by atoms with Gasteiger partial charge in [0.15, 0.2) is 0 Å². The number of aliphatic imine (C=N–C) groups is 1. The van der Waals surface area contributed by atoms with Crippen LogP contribution >= 0.6 is 0 Å². The van der Waals surface area contributed by atoms with Gasteiger partial charge in [-0.15, -0.1) is 0 Å². The van der Waals surface area contributed by atoms with Gasteiger partial charge in [-0.2, -0.15) is 0 Å².